The van der Waals surface area contributed by atoms with Gasteiger partial charge in [0.1, 0.15) is 5.82 Å². The fraction of sp³-hybridized carbons (Fsp3) is 0.0741. The lowest BCUT2D eigenvalue weighted by atomic mass is 10.1. The molecule has 3 N–H and O–H groups in total. The number of rotatable bonds is 5. The molecule has 0 aliphatic rings. The smallest absolute Gasteiger partial charge is 0.251 e. The third-order valence-corrected chi connectivity index (χ3v) is 5.64. The van der Waals surface area contributed by atoms with Gasteiger partial charge in [-0.2, -0.15) is 5.26 Å². The number of aromatic nitrogens is 3. The Labute approximate surface area is 195 Å². The Morgan fingerprint density at radius 2 is 1.76 bits per heavy atom. The van der Waals surface area contributed by atoms with Gasteiger partial charge < -0.3 is 11.1 Å². The number of benzene rings is 2. The van der Waals surface area contributed by atoms with Gasteiger partial charge in [-0.15, -0.1) is 0 Å². The lowest BCUT2D eigenvalue weighted by molar-refractivity contribution is 0.0950. The predicted molar refractivity (Wildman–Crippen MR) is 131 cm³/mol. The van der Waals surface area contributed by atoms with Gasteiger partial charge in [-0.25, -0.2) is 4.98 Å². The van der Waals surface area contributed by atoms with Crippen LogP contribution < -0.4 is 11.1 Å². The summed E-state index contributed by atoms with van der Waals surface area (Å²) in [6.07, 6.45) is 5.64. The van der Waals surface area contributed by atoms with Crippen LogP contribution in [-0.2, 0) is 13.0 Å². The molecule has 5 rings (SSSR count). The molecule has 0 saturated heterocycles. The van der Waals surface area contributed by atoms with Crippen LogP contribution in [0.1, 0.15) is 32.7 Å². The molecular weight excluding hydrogens is 424 g/mol. The maximum absolute atomic E-state index is 12.8. The van der Waals surface area contributed by atoms with E-state index in [1.54, 1.807) is 36.8 Å². The first-order valence-electron chi connectivity index (χ1n) is 10.7. The molecule has 5 aromatic rings. The van der Waals surface area contributed by atoms with Gasteiger partial charge in [0.25, 0.3) is 5.91 Å². The third kappa shape index (κ3) is 4.38. The minimum atomic E-state index is -0.173. The number of fused-ring (bicyclic) bond motifs is 2. The average Bonchev–Trinajstić information content (AvgIpc) is 2.87. The van der Waals surface area contributed by atoms with Crippen LogP contribution in [0.25, 0.3) is 21.7 Å². The largest absolute Gasteiger partial charge is 0.383 e. The minimum Gasteiger partial charge on any atom is -0.383 e. The first-order chi connectivity index (χ1) is 16.6. The number of hydrogen-bond donors (Lipinski definition) is 2. The molecule has 34 heavy (non-hydrogen) atoms. The number of nitrogen functional groups attached to an aromatic ring is 1. The first kappa shape index (κ1) is 21.0. The molecule has 0 aliphatic heterocycles. The topological polar surface area (TPSA) is 118 Å². The van der Waals surface area contributed by atoms with Crippen molar-refractivity contribution in [2.45, 2.75) is 13.0 Å². The third-order valence-electron chi connectivity index (χ3n) is 5.64. The van der Waals surface area contributed by atoms with Crippen LogP contribution in [0, 0.1) is 11.3 Å². The second kappa shape index (κ2) is 8.96. The normalized spacial score (nSPS) is 10.8. The Kier molecular flexibility index (Phi) is 5.55. The van der Waals surface area contributed by atoms with E-state index < -0.39 is 0 Å². The van der Waals surface area contributed by atoms with Crippen molar-refractivity contribution >= 4 is 33.4 Å². The summed E-state index contributed by atoms with van der Waals surface area (Å²) in [5.74, 6) is 0.317. The van der Waals surface area contributed by atoms with E-state index in [0.29, 0.717) is 29.9 Å². The van der Waals surface area contributed by atoms with E-state index in [-0.39, 0.29) is 5.91 Å². The Hall–Kier alpha value is -4.83. The highest BCUT2D eigenvalue weighted by Crippen LogP contribution is 2.20. The monoisotopic (exact) mass is 444 g/mol. The number of carbonyl (C=O) groups excluding carboxylic acids is 1. The molecular formula is C27H20N6O. The predicted octanol–water partition coefficient (Wildman–Crippen LogP) is 4.15. The van der Waals surface area contributed by atoms with E-state index in [2.05, 4.69) is 26.3 Å². The van der Waals surface area contributed by atoms with Gasteiger partial charge in [0.15, 0.2) is 0 Å². The van der Waals surface area contributed by atoms with Crippen molar-refractivity contribution in [3.8, 4) is 6.07 Å². The van der Waals surface area contributed by atoms with Gasteiger partial charge in [0.05, 0.1) is 17.1 Å². The summed E-state index contributed by atoms with van der Waals surface area (Å²) in [4.78, 5) is 25.8. The molecule has 0 atom stereocenters. The summed E-state index contributed by atoms with van der Waals surface area (Å²) in [5, 5.41) is 14.9. The number of anilines is 1. The molecule has 0 fully saturated rings. The van der Waals surface area contributed by atoms with Crippen LogP contribution in [0.15, 0.2) is 79.3 Å². The SMILES string of the molecule is N#Cc1ccc2ncc(Cc3cc(C(=O)NCc4ccc5c(N)nccc5c4)ccn3)cc2c1. The van der Waals surface area contributed by atoms with Crippen molar-refractivity contribution in [3.05, 3.63) is 107 Å². The maximum atomic E-state index is 12.8. The Morgan fingerprint density at radius 3 is 2.65 bits per heavy atom. The van der Waals surface area contributed by atoms with Crippen LogP contribution in [0.5, 0.6) is 0 Å². The summed E-state index contributed by atoms with van der Waals surface area (Å²) in [6, 6.07) is 20.8. The van der Waals surface area contributed by atoms with E-state index in [9.17, 15) is 4.79 Å². The zero-order valence-electron chi connectivity index (χ0n) is 18.2. The van der Waals surface area contributed by atoms with E-state index in [4.69, 9.17) is 11.0 Å². The number of amides is 1. The zero-order chi connectivity index (χ0) is 23.5. The van der Waals surface area contributed by atoms with Crippen LogP contribution in [-0.4, -0.2) is 20.9 Å². The van der Waals surface area contributed by atoms with Gasteiger partial charge in [-0.1, -0.05) is 12.1 Å². The lowest BCUT2D eigenvalue weighted by Crippen LogP contribution is -2.23. The summed E-state index contributed by atoms with van der Waals surface area (Å²) in [5.41, 5.74) is 10.6. The zero-order valence-corrected chi connectivity index (χ0v) is 18.2. The number of carbonyl (C=O) groups is 1. The second-order valence-electron chi connectivity index (χ2n) is 8.01. The highest BCUT2D eigenvalue weighted by molar-refractivity contribution is 5.94. The molecule has 0 bridgehead atoms. The number of nitrogens with one attached hydrogen (secondary N) is 1. The molecule has 3 heterocycles. The maximum Gasteiger partial charge on any atom is 0.251 e. The lowest BCUT2D eigenvalue weighted by Gasteiger charge is -2.09. The summed E-state index contributed by atoms with van der Waals surface area (Å²) in [6.45, 7) is 0.393. The molecule has 0 aliphatic carbocycles. The first-order valence-corrected chi connectivity index (χ1v) is 10.7. The fourth-order valence-corrected chi connectivity index (χ4v) is 3.91. The minimum absolute atomic E-state index is 0.173. The van der Waals surface area contributed by atoms with Gasteiger partial charge in [0, 0.05) is 53.6 Å². The standard InChI is InChI=1S/C27H20N6O/c28-14-17-2-4-25-22(9-17)11-19(16-32-25)12-23-13-21(6-7-30-23)27(34)33-15-18-1-3-24-20(10-18)5-8-31-26(24)29/h1-11,13,16H,12,15H2,(H2,29,31)(H,33,34). The van der Waals surface area contributed by atoms with Crippen molar-refractivity contribution in [2.75, 3.05) is 5.73 Å². The van der Waals surface area contributed by atoms with Crippen LogP contribution in [0.2, 0.25) is 0 Å². The number of nitriles is 1. The Bertz CT molecular complexity index is 1590. The number of pyridine rings is 3. The van der Waals surface area contributed by atoms with E-state index in [1.807, 2.05) is 42.5 Å². The molecule has 7 heteroatoms. The van der Waals surface area contributed by atoms with Crippen molar-refractivity contribution in [1.29, 1.82) is 5.26 Å². The van der Waals surface area contributed by atoms with Gasteiger partial charge in [-0.3, -0.25) is 14.8 Å². The molecule has 0 spiro atoms. The van der Waals surface area contributed by atoms with Crippen molar-refractivity contribution in [3.63, 3.8) is 0 Å². The molecule has 164 valence electrons. The van der Waals surface area contributed by atoms with Crippen molar-refractivity contribution < 1.29 is 4.79 Å². The number of nitrogens with two attached hydrogens (primary N) is 1. The second-order valence-corrected chi connectivity index (χ2v) is 8.01. The summed E-state index contributed by atoms with van der Waals surface area (Å²) in [7, 11) is 0. The fourth-order valence-electron chi connectivity index (χ4n) is 3.91. The average molecular weight is 444 g/mol. The molecule has 2 aromatic carbocycles. The molecule has 0 saturated carbocycles. The quantitative estimate of drug-likeness (QED) is 0.420. The summed E-state index contributed by atoms with van der Waals surface area (Å²) >= 11 is 0. The van der Waals surface area contributed by atoms with Crippen molar-refractivity contribution in [2.24, 2.45) is 0 Å². The van der Waals surface area contributed by atoms with Gasteiger partial charge in [-0.05, 0) is 65.0 Å². The number of nitrogens with zero attached hydrogens (tertiary/aromatic N) is 4. The van der Waals surface area contributed by atoms with Crippen LogP contribution in [0.3, 0.4) is 0 Å². The van der Waals surface area contributed by atoms with Crippen LogP contribution >= 0.6 is 0 Å². The van der Waals surface area contributed by atoms with Gasteiger partial charge in [0.2, 0.25) is 0 Å². The molecule has 0 radical (unpaired) electrons. The van der Waals surface area contributed by atoms with Crippen molar-refractivity contribution in [1.82, 2.24) is 20.3 Å². The molecule has 3 aromatic heterocycles. The van der Waals surface area contributed by atoms with E-state index in [0.717, 1.165) is 38.5 Å². The van der Waals surface area contributed by atoms with Gasteiger partial charge >= 0.3 is 0 Å². The highest BCUT2D eigenvalue weighted by atomic mass is 16.1. The summed E-state index contributed by atoms with van der Waals surface area (Å²) < 4.78 is 0. The molecule has 1 amide bonds. The van der Waals surface area contributed by atoms with E-state index in [1.165, 1.54) is 0 Å². The molecule has 7 nitrogen and oxygen atoms in total. The van der Waals surface area contributed by atoms with E-state index >= 15 is 0 Å². The van der Waals surface area contributed by atoms with Crippen LogP contribution in [0.4, 0.5) is 5.82 Å². The highest BCUT2D eigenvalue weighted by Gasteiger charge is 2.09. The Morgan fingerprint density at radius 1 is 0.912 bits per heavy atom. The number of hydrogen-bond acceptors (Lipinski definition) is 6. The Balaban J connectivity index is 1.29. The molecule has 0 unspecified atom stereocenters.